The van der Waals surface area contributed by atoms with Crippen LogP contribution in [-0.2, 0) is 4.74 Å². The molecule has 2 heterocycles. The van der Waals surface area contributed by atoms with Crippen LogP contribution in [0.1, 0.15) is 46.5 Å². The van der Waals surface area contributed by atoms with Crippen molar-refractivity contribution < 1.29 is 4.74 Å². The van der Waals surface area contributed by atoms with E-state index >= 15 is 0 Å². The fourth-order valence-corrected chi connectivity index (χ4v) is 4.05. The summed E-state index contributed by atoms with van der Waals surface area (Å²) >= 11 is 0. The van der Waals surface area contributed by atoms with Gasteiger partial charge < -0.3 is 19.9 Å². The Kier molecular flexibility index (Phi) is 10.3. The third-order valence-corrected chi connectivity index (χ3v) is 5.33. The van der Waals surface area contributed by atoms with Gasteiger partial charge in [0, 0.05) is 45.3 Å². The van der Waals surface area contributed by atoms with Crippen molar-refractivity contribution in [1.82, 2.24) is 20.0 Å². The normalized spacial score (nSPS) is 22.4. The molecule has 1 unspecified atom stereocenters. The summed E-state index contributed by atoms with van der Waals surface area (Å²) in [6, 6.07) is 0.660. The molecule has 2 aliphatic rings. The molecule has 0 amide bonds. The van der Waals surface area contributed by atoms with Crippen LogP contribution in [0.2, 0.25) is 0 Å². The van der Waals surface area contributed by atoms with Crippen LogP contribution in [-0.4, -0.2) is 98.8 Å². The van der Waals surface area contributed by atoms with Gasteiger partial charge in [-0.1, -0.05) is 13.8 Å². The Morgan fingerprint density at radius 3 is 2.46 bits per heavy atom. The minimum Gasteiger partial charge on any atom is -0.379 e. The van der Waals surface area contributed by atoms with Gasteiger partial charge in [0.15, 0.2) is 5.96 Å². The Hall–Kier alpha value is -0.850. The van der Waals surface area contributed by atoms with Gasteiger partial charge in [0.25, 0.3) is 0 Å². The lowest BCUT2D eigenvalue weighted by Gasteiger charge is -2.32. The summed E-state index contributed by atoms with van der Waals surface area (Å²) in [4.78, 5) is 12.6. The molecule has 2 rings (SSSR count). The number of guanidine groups is 1. The van der Waals surface area contributed by atoms with Crippen molar-refractivity contribution in [2.75, 3.05) is 72.1 Å². The van der Waals surface area contributed by atoms with E-state index in [-0.39, 0.29) is 0 Å². The summed E-state index contributed by atoms with van der Waals surface area (Å²) < 4.78 is 5.50. The molecule has 0 spiro atoms. The van der Waals surface area contributed by atoms with Crippen molar-refractivity contribution in [1.29, 1.82) is 0 Å². The molecule has 1 N–H and O–H groups in total. The number of aliphatic imine (C=N–C) groups is 1. The highest BCUT2D eigenvalue weighted by molar-refractivity contribution is 5.80. The molecular weight excluding hydrogens is 326 g/mol. The van der Waals surface area contributed by atoms with Crippen LogP contribution in [0.4, 0.5) is 0 Å². The third-order valence-electron chi connectivity index (χ3n) is 5.33. The first-order valence-corrected chi connectivity index (χ1v) is 10.9. The Morgan fingerprint density at radius 1 is 1.08 bits per heavy atom. The number of likely N-dealkylation sites (tertiary alicyclic amines) is 1. The SMILES string of the molecule is CCCN(CCC)CCCN=C(NCC)N1CCC(N2CCOCC2)C1. The smallest absolute Gasteiger partial charge is 0.193 e. The standard InChI is InChI=1S/C20H41N5O/c1-4-10-23(11-5-2)12-7-9-22-20(21-6-3)25-13-8-19(18-25)24-14-16-26-17-15-24/h19H,4-18H2,1-3H3,(H,21,22). The highest BCUT2D eigenvalue weighted by Gasteiger charge is 2.30. The predicted molar refractivity (Wildman–Crippen MR) is 110 cm³/mol. The van der Waals surface area contributed by atoms with Gasteiger partial charge in [-0.3, -0.25) is 9.89 Å². The maximum Gasteiger partial charge on any atom is 0.193 e. The Labute approximate surface area is 160 Å². The molecule has 0 saturated carbocycles. The van der Waals surface area contributed by atoms with Gasteiger partial charge in [-0.2, -0.15) is 0 Å². The molecule has 6 nitrogen and oxygen atoms in total. The quantitative estimate of drug-likeness (QED) is 0.363. The van der Waals surface area contributed by atoms with Gasteiger partial charge in [-0.15, -0.1) is 0 Å². The average Bonchev–Trinajstić information content (AvgIpc) is 3.15. The Balaban J connectivity index is 1.78. The summed E-state index contributed by atoms with van der Waals surface area (Å²) in [6.07, 6.45) is 4.87. The van der Waals surface area contributed by atoms with Crippen LogP contribution in [0.5, 0.6) is 0 Å². The Morgan fingerprint density at radius 2 is 1.81 bits per heavy atom. The summed E-state index contributed by atoms with van der Waals surface area (Å²) in [6.45, 7) is 18.3. The minimum atomic E-state index is 0.660. The summed E-state index contributed by atoms with van der Waals surface area (Å²) in [5.41, 5.74) is 0. The molecule has 0 aliphatic carbocycles. The number of ether oxygens (including phenoxy) is 1. The molecule has 2 aliphatic heterocycles. The maximum atomic E-state index is 5.50. The van der Waals surface area contributed by atoms with E-state index in [0.717, 1.165) is 64.9 Å². The molecular formula is C20H41N5O. The second kappa shape index (κ2) is 12.5. The van der Waals surface area contributed by atoms with E-state index in [1.807, 2.05) is 0 Å². The number of nitrogens with one attached hydrogen (secondary N) is 1. The van der Waals surface area contributed by atoms with Crippen LogP contribution in [0.25, 0.3) is 0 Å². The Bertz CT molecular complexity index is 392. The molecule has 0 bridgehead atoms. The van der Waals surface area contributed by atoms with E-state index in [4.69, 9.17) is 9.73 Å². The highest BCUT2D eigenvalue weighted by Crippen LogP contribution is 2.17. The van der Waals surface area contributed by atoms with Crippen LogP contribution < -0.4 is 5.32 Å². The highest BCUT2D eigenvalue weighted by atomic mass is 16.5. The molecule has 0 aromatic rings. The number of morpholine rings is 1. The molecule has 26 heavy (non-hydrogen) atoms. The molecule has 0 aromatic carbocycles. The van der Waals surface area contributed by atoms with E-state index in [1.165, 1.54) is 38.9 Å². The summed E-state index contributed by atoms with van der Waals surface area (Å²) in [7, 11) is 0. The van der Waals surface area contributed by atoms with Crippen molar-refractivity contribution in [3.05, 3.63) is 0 Å². The van der Waals surface area contributed by atoms with E-state index in [2.05, 4.69) is 40.8 Å². The zero-order valence-corrected chi connectivity index (χ0v) is 17.4. The zero-order chi connectivity index (χ0) is 18.6. The second-order valence-corrected chi connectivity index (χ2v) is 7.47. The second-order valence-electron chi connectivity index (χ2n) is 7.47. The van der Waals surface area contributed by atoms with Crippen LogP contribution in [0.15, 0.2) is 4.99 Å². The number of hydrogen-bond acceptors (Lipinski definition) is 4. The fraction of sp³-hybridized carbons (Fsp3) is 0.950. The van der Waals surface area contributed by atoms with Crippen molar-refractivity contribution in [2.24, 2.45) is 4.99 Å². The van der Waals surface area contributed by atoms with Crippen molar-refractivity contribution in [3.63, 3.8) is 0 Å². The van der Waals surface area contributed by atoms with Crippen LogP contribution >= 0.6 is 0 Å². The first-order chi connectivity index (χ1) is 12.8. The monoisotopic (exact) mass is 367 g/mol. The van der Waals surface area contributed by atoms with Gasteiger partial charge >= 0.3 is 0 Å². The fourth-order valence-electron chi connectivity index (χ4n) is 4.05. The minimum absolute atomic E-state index is 0.660. The van der Waals surface area contributed by atoms with Gasteiger partial charge in [0.05, 0.1) is 13.2 Å². The lowest BCUT2D eigenvalue weighted by Crippen LogP contribution is -2.46. The van der Waals surface area contributed by atoms with Gasteiger partial charge in [-0.05, 0) is 52.2 Å². The lowest BCUT2D eigenvalue weighted by molar-refractivity contribution is 0.0195. The van der Waals surface area contributed by atoms with Crippen molar-refractivity contribution in [2.45, 2.75) is 52.5 Å². The lowest BCUT2D eigenvalue weighted by atomic mass is 10.2. The predicted octanol–water partition coefficient (Wildman–Crippen LogP) is 1.87. The van der Waals surface area contributed by atoms with Crippen LogP contribution in [0.3, 0.4) is 0 Å². The maximum absolute atomic E-state index is 5.50. The van der Waals surface area contributed by atoms with Crippen molar-refractivity contribution in [3.8, 4) is 0 Å². The first kappa shape index (κ1) is 21.5. The molecule has 0 radical (unpaired) electrons. The summed E-state index contributed by atoms with van der Waals surface area (Å²) in [5.74, 6) is 1.11. The number of nitrogens with zero attached hydrogens (tertiary/aromatic N) is 4. The van der Waals surface area contributed by atoms with Gasteiger partial charge in [-0.25, -0.2) is 0 Å². The molecule has 0 aromatic heterocycles. The number of rotatable bonds is 10. The summed E-state index contributed by atoms with van der Waals surface area (Å²) in [5, 5.41) is 3.51. The zero-order valence-electron chi connectivity index (χ0n) is 17.4. The molecule has 2 fully saturated rings. The van der Waals surface area contributed by atoms with E-state index in [1.54, 1.807) is 0 Å². The van der Waals surface area contributed by atoms with Crippen LogP contribution in [0, 0.1) is 0 Å². The van der Waals surface area contributed by atoms with E-state index in [0.29, 0.717) is 6.04 Å². The number of hydrogen-bond donors (Lipinski definition) is 1. The molecule has 152 valence electrons. The topological polar surface area (TPSA) is 43.3 Å². The molecule has 6 heteroatoms. The van der Waals surface area contributed by atoms with Gasteiger partial charge in [0.1, 0.15) is 0 Å². The molecule has 1 atom stereocenters. The van der Waals surface area contributed by atoms with Gasteiger partial charge in [0.2, 0.25) is 0 Å². The first-order valence-electron chi connectivity index (χ1n) is 10.9. The van der Waals surface area contributed by atoms with E-state index < -0.39 is 0 Å². The van der Waals surface area contributed by atoms with E-state index in [9.17, 15) is 0 Å². The average molecular weight is 368 g/mol. The largest absolute Gasteiger partial charge is 0.379 e. The third kappa shape index (κ3) is 7.05. The van der Waals surface area contributed by atoms with Crippen molar-refractivity contribution >= 4 is 5.96 Å². The molecule has 2 saturated heterocycles.